The second-order valence-electron chi connectivity index (χ2n) is 8.01. The third-order valence-electron chi connectivity index (χ3n) is 5.91. The lowest BCUT2D eigenvalue weighted by Crippen LogP contribution is -2.22. The monoisotopic (exact) mass is 421 g/mol. The van der Waals surface area contributed by atoms with Crippen LogP contribution in [0.3, 0.4) is 0 Å². The average Bonchev–Trinajstić information content (AvgIpc) is 2.91. The van der Waals surface area contributed by atoms with Crippen molar-refractivity contribution in [2.45, 2.75) is 77.0 Å². The van der Waals surface area contributed by atoms with Gasteiger partial charge in [0.25, 0.3) is 5.91 Å². The minimum absolute atomic E-state index is 0.327. The summed E-state index contributed by atoms with van der Waals surface area (Å²) in [4.78, 5) is 37.8. The number of ether oxygens (including phenoxy) is 2. The lowest BCUT2D eigenvalue weighted by atomic mass is 9.86. The van der Waals surface area contributed by atoms with Gasteiger partial charge < -0.3 is 14.8 Å². The number of aryl methyl sites for hydroxylation is 1. The predicted molar refractivity (Wildman–Crippen MR) is 112 cm³/mol. The zero-order valence-corrected chi connectivity index (χ0v) is 18.0. The number of methoxy groups -OCH3 is 1. The van der Waals surface area contributed by atoms with E-state index in [0.29, 0.717) is 22.9 Å². The number of esters is 2. The van der Waals surface area contributed by atoms with E-state index in [0.717, 1.165) is 49.0 Å². The van der Waals surface area contributed by atoms with Gasteiger partial charge in [-0.1, -0.05) is 38.5 Å². The second-order valence-corrected chi connectivity index (χ2v) is 9.12. The number of nitrogens with one attached hydrogen (secondary N) is 1. The first-order chi connectivity index (χ1) is 14.1. The fourth-order valence-electron chi connectivity index (χ4n) is 4.33. The summed E-state index contributed by atoms with van der Waals surface area (Å²) in [5.74, 6) is -0.572. The van der Waals surface area contributed by atoms with E-state index >= 15 is 0 Å². The highest BCUT2D eigenvalue weighted by Crippen LogP contribution is 2.38. The average molecular weight is 422 g/mol. The highest BCUT2D eigenvalue weighted by atomic mass is 32.1. The molecule has 0 spiro atoms. The van der Waals surface area contributed by atoms with Crippen LogP contribution in [0.15, 0.2) is 0 Å². The maximum Gasteiger partial charge on any atom is 0.341 e. The predicted octanol–water partition coefficient (Wildman–Crippen LogP) is 4.65. The largest absolute Gasteiger partial charge is 0.465 e. The minimum atomic E-state index is -0.427. The Hall–Kier alpha value is -1.89. The Bertz CT molecular complexity index is 736. The van der Waals surface area contributed by atoms with Crippen LogP contribution in [0, 0.1) is 5.92 Å². The van der Waals surface area contributed by atoms with E-state index in [1.54, 1.807) is 0 Å². The van der Waals surface area contributed by atoms with Crippen LogP contribution in [0.1, 0.15) is 85.0 Å². The number of anilines is 1. The molecule has 1 N–H and O–H groups in total. The molecule has 2 aliphatic rings. The van der Waals surface area contributed by atoms with Gasteiger partial charge in [0, 0.05) is 11.3 Å². The van der Waals surface area contributed by atoms with Gasteiger partial charge in [0.1, 0.15) is 5.00 Å². The molecule has 29 heavy (non-hydrogen) atoms. The van der Waals surface area contributed by atoms with Crippen molar-refractivity contribution in [2.24, 2.45) is 5.92 Å². The van der Waals surface area contributed by atoms with Gasteiger partial charge in [-0.25, -0.2) is 4.79 Å². The molecule has 1 fully saturated rings. The van der Waals surface area contributed by atoms with Crippen LogP contribution in [-0.4, -0.2) is 31.6 Å². The van der Waals surface area contributed by atoms with Crippen LogP contribution in [0.2, 0.25) is 0 Å². The molecular weight excluding hydrogens is 390 g/mol. The van der Waals surface area contributed by atoms with E-state index < -0.39 is 11.9 Å². The molecule has 1 saturated carbocycles. The smallest absolute Gasteiger partial charge is 0.341 e. The standard InChI is InChI=1S/C22H31NO5S/c1-27-22(26)20-16-10-6-3-7-11-17(16)29-21(20)23-18(24)14-28-19(25)13-12-15-8-4-2-5-9-15/h15H,2-14H2,1H3,(H,23,24). The number of rotatable bonds is 7. The van der Waals surface area contributed by atoms with Gasteiger partial charge in [0.15, 0.2) is 6.61 Å². The van der Waals surface area contributed by atoms with E-state index in [-0.39, 0.29) is 12.6 Å². The van der Waals surface area contributed by atoms with Crippen molar-refractivity contribution >= 4 is 34.2 Å². The summed E-state index contributed by atoms with van der Waals surface area (Å²) in [6.45, 7) is -0.327. The van der Waals surface area contributed by atoms with Crippen LogP contribution in [0.25, 0.3) is 0 Å². The molecule has 0 aliphatic heterocycles. The van der Waals surface area contributed by atoms with Crippen LogP contribution < -0.4 is 5.32 Å². The van der Waals surface area contributed by atoms with Gasteiger partial charge in [-0.15, -0.1) is 11.3 Å². The van der Waals surface area contributed by atoms with E-state index in [4.69, 9.17) is 9.47 Å². The zero-order valence-electron chi connectivity index (χ0n) is 17.2. The molecule has 0 unspecified atom stereocenters. The maximum atomic E-state index is 12.3. The first-order valence-electron chi connectivity index (χ1n) is 10.8. The molecular formula is C22H31NO5S. The normalized spacial score (nSPS) is 17.1. The second kappa shape index (κ2) is 10.8. The van der Waals surface area contributed by atoms with Crippen molar-refractivity contribution < 1.29 is 23.9 Å². The number of hydrogen-bond donors (Lipinski definition) is 1. The first kappa shape index (κ1) is 21.8. The molecule has 6 nitrogen and oxygen atoms in total. The van der Waals surface area contributed by atoms with Crippen LogP contribution >= 0.6 is 11.3 Å². The van der Waals surface area contributed by atoms with Gasteiger partial charge >= 0.3 is 11.9 Å². The zero-order chi connectivity index (χ0) is 20.6. The topological polar surface area (TPSA) is 81.7 Å². The molecule has 0 saturated heterocycles. The molecule has 0 aromatic carbocycles. The summed E-state index contributed by atoms with van der Waals surface area (Å²) in [7, 11) is 1.35. The summed E-state index contributed by atoms with van der Waals surface area (Å²) in [5.41, 5.74) is 1.46. The Morgan fingerprint density at radius 3 is 2.52 bits per heavy atom. The lowest BCUT2D eigenvalue weighted by Gasteiger charge is -2.20. The van der Waals surface area contributed by atoms with Crippen molar-refractivity contribution in [3.8, 4) is 0 Å². The Labute approximate surface area is 176 Å². The molecule has 160 valence electrons. The fourth-order valence-corrected chi connectivity index (χ4v) is 5.62. The minimum Gasteiger partial charge on any atom is -0.465 e. The molecule has 7 heteroatoms. The van der Waals surface area contributed by atoms with Crippen molar-refractivity contribution in [3.63, 3.8) is 0 Å². The Balaban J connectivity index is 1.53. The van der Waals surface area contributed by atoms with E-state index in [1.807, 2.05) is 0 Å². The molecule has 1 heterocycles. The maximum absolute atomic E-state index is 12.3. The molecule has 0 radical (unpaired) electrons. The highest BCUT2D eigenvalue weighted by molar-refractivity contribution is 7.17. The summed E-state index contributed by atoms with van der Waals surface area (Å²) >= 11 is 1.44. The third kappa shape index (κ3) is 6.04. The van der Waals surface area contributed by atoms with Gasteiger partial charge in [-0.3, -0.25) is 9.59 Å². The molecule has 0 bridgehead atoms. The van der Waals surface area contributed by atoms with Crippen LogP contribution in [0.5, 0.6) is 0 Å². The lowest BCUT2D eigenvalue weighted by molar-refractivity contribution is -0.147. The van der Waals surface area contributed by atoms with Gasteiger partial charge in [-0.05, 0) is 43.6 Å². The summed E-state index contributed by atoms with van der Waals surface area (Å²) in [5, 5.41) is 3.27. The molecule has 0 atom stereocenters. The van der Waals surface area contributed by atoms with Gasteiger partial charge in [0.05, 0.1) is 12.7 Å². The number of thiophene rings is 1. The van der Waals surface area contributed by atoms with Crippen LogP contribution in [0.4, 0.5) is 5.00 Å². The third-order valence-corrected chi connectivity index (χ3v) is 7.12. The molecule has 1 aromatic rings. The van der Waals surface area contributed by atoms with Crippen molar-refractivity contribution in [2.75, 3.05) is 19.0 Å². The number of hydrogen-bond acceptors (Lipinski definition) is 6. The molecule has 1 amide bonds. The molecule has 2 aliphatic carbocycles. The van der Waals surface area contributed by atoms with E-state index in [2.05, 4.69) is 5.32 Å². The molecule has 3 rings (SSSR count). The van der Waals surface area contributed by atoms with Crippen molar-refractivity contribution in [1.82, 2.24) is 0 Å². The Kier molecular flexibility index (Phi) is 8.09. The Morgan fingerprint density at radius 1 is 1.03 bits per heavy atom. The fraction of sp³-hybridized carbons (Fsp3) is 0.682. The number of carbonyl (C=O) groups excluding carboxylic acids is 3. The highest BCUT2D eigenvalue weighted by Gasteiger charge is 2.26. The quantitative estimate of drug-likeness (QED) is 0.512. The van der Waals surface area contributed by atoms with Gasteiger partial charge in [-0.2, -0.15) is 0 Å². The SMILES string of the molecule is COC(=O)c1c(NC(=O)COC(=O)CCC2CCCCC2)sc2c1CCCCC2. The number of fused-ring (bicyclic) bond motifs is 1. The van der Waals surface area contributed by atoms with Crippen molar-refractivity contribution in [3.05, 3.63) is 16.0 Å². The van der Waals surface area contributed by atoms with Crippen molar-refractivity contribution in [1.29, 1.82) is 0 Å². The van der Waals surface area contributed by atoms with E-state index in [9.17, 15) is 14.4 Å². The van der Waals surface area contributed by atoms with E-state index in [1.165, 1.54) is 50.6 Å². The summed E-state index contributed by atoms with van der Waals surface area (Å²) < 4.78 is 10.1. The summed E-state index contributed by atoms with van der Waals surface area (Å²) in [6, 6.07) is 0. The first-order valence-corrected chi connectivity index (χ1v) is 11.6. The molecule has 1 aromatic heterocycles. The number of amides is 1. The number of carbonyl (C=O) groups is 3. The van der Waals surface area contributed by atoms with Gasteiger partial charge in [0.2, 0.25) is 0 Å². The van der Waals surface area contributed by atoms with Crippen LogP contribution in [-0.2, 0) is 31.9 Å². The summed E-state index contributed by atoms with van der Waals surface area (Å²) in [6.07, 6.45) is 12.3. The Morgan fingerprint density at radius 2 is 1.76 bits per heavy atom.